The Morgan fingerprint density at radius 2 is 2.10 bits per heavy atom. The second-order valence-corrected chi connectivity index (χ2v) is 9.43. The molecule has 1 unspecified atom stereocenters. The van der Waals surface area contributed by atoms with Crippen LogP contribution in [0, 0.1) is 6.92 Å². The lowest BCUT2D eigenvalue weighted by Gasteiger charge is -2.37. The second-order valence-electron chi connectivity index (χ2n) is 8.16. The van der Waals surface area contributed by atoms with Crippen LogP contribution in [0.15, 0.2) is 42.7 Å². The van der Waals surface area contributed by atoms with E-state index in [1.165, 1.54) is 4.88 Å². The Kier molecular flexibility index (Phi) is 5.41. The molecular weight excluding hydrogens is 382 g/mol. The smallest absolute Gasteiger partial charge is 0.168 e. The number of carbonyl (C=O) groups excluding carboxylic acids is 1. The molecule has 1 atom stereocenters. The van der Waals surface area contributed by atoms with Crippen molar-refractivity contribution in [3.63, 3.8) is 0 Å². The molecule has 0 radical (unpaired) electrons. The summed E-state index contributed by atoms with van der Waals surface area (Å²) >= 11 is 1.70. The van der Waals surface area contributed by atoms with E-state index in [1.54, 1.807) is 17.5 Å². The maximum absolute atomic E-state index is 12.9. The van der Waals surface area contributed by atoms with Crippen molar-refractivity contribution in [2.24, 2.45) is 0 Å². The summed E-state index contributed by atoms with van der Waals surface area (Å²) in [5, 5.41) is 12.5. The number of benzene rings is 1. The van der Waals surface area contributed by atoms with Crippen molar-refractivity contribution in [2.45, 2.75) is 51.6 Å². The summed E-state index contributed by atoms with van der Waals surface area (Å²) in [7, 11) is 0. The Hall–Kier alpha value is -2.67. The van der Waals surface area contributed by atoms with E-state index in [0.29, 0.717) is 12.0 Å². The van der Waals surface area contributed by atoms with Gasteiger partial charge in [-0.15, -0.1) is 11.3 Å². The van der Waals surface area contributed by atoms with E-state index in [0.717, 1.165) is 35.9 Å². The quantitative estimate of drug-likeness (QED) is 0.424. The zero-order valence-electron chi connectivity index (χ0n) is 17.1. The van der Waals surface area contributed by atoms with Gasteiger partial charge in [0.05, 0.1) is 23.3 Å². The molecular formula is C22H27N5OS. The molecule has 1 aliphatic heterocycles. The van der Waals surface area contributed by atoms with Crippen LogP contribution in [0.25, 0.3) is 0 Å². The summed E-state index contributed by atoms with van der Waals surface area (Å²) in [6, 6.07) is 10.2. The number of Topliss-reactive ketones (excluding diaryl/α,β-unsaturated/α-hetero) is 1. The molecule has 0 fully saturated rings. The predicted molar refractivity (Wildman–Crippen MR) is 118 cm³/mol. The van der Waals surface area contributed by atoms with Gasteiger partial charge in [0.15, 0.2) is 5.78 Å². The fourth-order valence-electron chi connectivity index (χ4n) is 3.81. The van der Waals surface area contributed by atoms with Crippen LogP contribution in [0.3, 0.4) is 0 Å². The first kappa shape index (κ1) is 19.6. The average molecular weight is 410 g/mol. The summed E-state index contributed by atoms with van der Waals surface area (Å²) < 4.78 is 1.96. The number of carbonyl (C=O) groups is 1. The Morgan fingerprint density at radius 1 is 1.31 bits per heavy atom. The number of hydrogen-bond acceptors (Lipinski definition) is 6. The third kappa shape index (κ3) is 4.19. The van der Waals surface area contributed by atoms with Gasteiger partial charge in [0.2, 0.25) is 0 Å². The number of anilines is 2. The van der Waals surface area contributed by atoms with Crippen LogP contribution < -0.4 is 10.6 Å². The van der Waals surface area contributed by atoms with Crippen LogP contribution in [-0.4, -0.2) is 27.1 Å². The Bertz CT molecular complexity index is 992. The lowest BCUT2D eigenvalue weighted by Crippen LogP contribution is -2.38. The van der Waals surface area contributed by atoms with E-state index in [1.807, 2.05) is 41.2 Å². The normalized spacial score (nSPS) is 17.4. The molecule has 152 valence electrons. The first-order valence-electron chi connectivity index (χ1n) is 10.0. The predicted octanol–water partition coefficient (Wildman–Crippen LogP) is 5.02. The van der Waals surface area contributed by atoms with Gasteiger partial charge >= 0.3 is 0 Å². The number of aryl methyl sites for hydroxylation is 1. The number of rotatable bonds is 7. The average Bonchev–Trinajstić information content (AvgIpc) is 3.32. The Labute approximate surface area is 175 Å². The first-order chi connectivity index (χ1) is 13.9. The second kappa shape index (κ2) is 7.99. The van der Waals surface area contributed by atoms with Gasteiger partial charge in [0.25, 0.3) is 0 Å². The molecule has 2 N–H and O–H groups in total. The van der Waals surface area contributed by atoms with E-state index in [2.05, 4.69) is 41.5 Å². The molecule has 0 amide bonds. The molecule has 0 saturated carbocycles. The molecule has 3 heterocycles. The van der Waals surface area contributed by atoms with E-state index in [-0.39, 0.29) is 17.4 Å². The summed E-state index contributed by atoms with van der Waals surface area (Å²) in [6.45, 7) is 7.16. The fraction of sp³-hybridized carbons (Fsp3) is 0.409. The number of para-hydroxylation sites is 1. The summed E-state index contributed by atoms with van der Waals surface area (Å²) in [5.41, 5.74) is 1.57. The molecule has 0 aliphatic carbocycles. The highest BCUT2D eigenvalue weighted by Crippen LogP contribution is 2.41. The molecule has 0 spiro atoms. The molecule has 3 aromatic rings. The molecule has 0 bridgehead atoms. The highest BCUT2D eigenvalue weighted by atomic mass is 32.1. The number of thiazole rings is 1. The van der Waals surface area contributed by atoms with Crippen molar-refractivity contribution in [2.75, 3.05) is 17.2 Å². The molecule has 1 aromatic carbocycles. The monoisotopic (exact) mass is 409 g/mol. The van der Waals surface area contributed by atoms with E-state index in [9.17, 15) is 4.79 Å². The number of nitrogens with zero attached hydrogens (tertiary/aromatic N) is 3. The largest absolute Gasteiger partial charge is 0.385 e. The number of nitrogens with one attached hydrogen (secondary N) is 2. The minimum absolute atomic E-state index is 0.0965. The minimum atomic E-state index is -0.182. The fourth-order valence-corrected chi connectivity index (χ4v) is 4.63. The van der Waals surface area contributed by atoms with Crippen molar-refractivity contribution < 1.29 is 4.79 Å². The lowest BCUT2D eigenvalue weighted by molar-refractivity contribution is 0.0981. The van der Waals surface area contributed by atoms with Crippen molar-refractivity contribution in [1.29, 1.82) is 0 Å². The van der Waals surface area contributed by atoms with Crippen LogP contribution in [-0.2, 0) is 5.54 Å². The molecule has 6 nitrogen and oxygen atoms in total. The molecule has 2 aromatic heterocycles. The Morgan fingerprint density at radius 3 is 2.83 bits per heavy atom. The third-order valence-corrected chi connectivity index (χ3v) is 6.30. The van der Waals surface area contributed by atoms with Gasteiger partial charge in [-0.3, -0.25) is 4.79 Å². The first-order valence-corrected chi connectivity index (χ1v) is 10.9. The number of fused-ring (bicyclic) bond motifs is 1. The van der Waals surface area contributed by atoms with Crippen LogP contribution in [0.5, 0.6) is 0 Å². The van der Waals surface area contributed by atoms with Crippen molar-refractivity contribution in [3.8, 4) is 0 Å². The van der Waals surface area contributed by atoms with Gasteiger partial charge in [-0.05, 0) is 45.7 Å². The van der Waals surface area contributed by atoms with Gasteiger partial charge in [-0.2, -0.15) is 5.10 Å². The van der Waals surface area contributed by atoms with E-state index < -0.39 is 0 Å². The maximum Gasteiger partial charge on any atom is 0.168 e. The van der Waals surface area contributed by atoms with Gasteiger partial charge < -0.3 is 10.6 Å². The summed E-state index contributed by atoms with van der Waals surface area (Å²) in [6.07, 6.45) is 5.76. The van der Waals surface area contributed by atoms with E-state index in [4.69, 9.17) is 0 Å². The van der Waals surface area contributed by atoms with Crippen LogP contribution in [0.4, 0.5) is 11.5 Å². The molecule has 29 heavy (non-hydrogen) atoms. The van der Waals surface area contributed by atoms with E-state index >= 15 is 0 Å². The standard InChI is InChI=1S/C22H27N5OS/c1-15-13-24-21(29-15)18-12-22(2,3)27-20(26-18)17(14-25-27)19(28)10-7-11-23-16-8-5-4-6-9-16/h4-6,8-9,13-14,18,23,26H,7,10-12H2,1-3H3. The highest BCUT2D eigenvalue weighted by molar-refractivity contribution is 7.11. The molecule has 4 rings (SSSR count). The summed E-state index contributed by atoms with van der Waals surface area (Å²) in [5.74, 6) is 0.945. The minimum Gasteiger partial charge on any atom is -0.385 e. The molecule has 1 aliphatic rings. The number of hydrogen-bond donors (Lipinski definition) is 2. The van der Waals surface area contributed by atoms with Gasteiger partial charge in [0.1, 0.15) is 10.8 Å². The maximum atomic E-state index is 12.9. The molecule has 0 saturated heterocycles. The zero-order chi connectivity index (χ0) is 20.4. The number of aromatic nitrogens is 3. The van der Waals surface area contributed by atoms with Gasteiger partial charge in [-0.1, -0.05) is 18.2 Å². The Balaban J connectivity index is 1.44. The van der Waals surface area contributed by atoms with Crippen LogP contribution >= 0.6 is 11.3 Å². The van der Waals surface area contributed by atoms with Crippen LogP contribution in [0.1, 0.15) is 59.4 Å². The van der Waals surface area contributed by atoms with Gasteiger partial charge in [0, 0.05) is 29.7 Å². The number of ketones is 1. The van der Waals surface area contributed by atoms with Gasteiger partial charge in [-0.25, -0.2) is 9.67 Å². The third-order valence-electron chi connectivity index (χ3n) is 5.28. The summed E-state index contributed by atoms with van der Waals surface area (Å²) in [4.78, 5) is 18.7. The van der Waals surface area contributed by atoms with Crippen molar-refractivity contribution in [1.82, 2.24) is 14.8 Å². The lowest BCUT2D eigenvalue weighted by atomic mass is 9.92. The zero-order valence-corrected chi connectivity index (χ0v) is 17.9. The molecule has 7 heteroatoms. The topological polar surface area (TPSA) is 71.8 Å². The van der Waals surface area contributed by atoms with Crippen molar-refractivity contribution in [3.05, 3.63) is 58.2 Å². The SMILES string of the molecule is Cc1cnc(C2CC(C)(C)n3ncc(C(=O)CCCNc4ccccc4)c3N2)s1. The van der Waals surface area contributed by atoms with Crippen molar-refractivity contribution >= 4 is 28.6 Å². The highest BCUT2D eigenvalue weighted by Gasteiger charge is 2.37. The van der Waals surface area contributed by atoms with Crippen LogP contribution in [0.2, 0.25) is 0 Å².